The molecule has 1 aromatic rings. The summed E-state index contributed by atoms with van der Waals surface area (Å²) >= 11 is 0. The van der Waals surface area contributed by atoms with Crippen LogP contribution in [0.1, 0.15) is 24.4 Å². The number of nitrogens with two attached hydrogens (primary N) is 1. The molecule has 1 fully saturated rings. The first-order valence-corrected chi connectivity index (χ1v) is 6.03. The highest BCUT2D eigenvalue weighted by atomic mass is 19.3. The average Bonchev–Trinajstić information content (AvgIpc) is 3.13. The van der Waals surface area contributed by atoms with Crippen molar-refractivity contribution in [2.24, 2.45) is 11.7 Å². The molecule has 0 heterocycles. The van der Waals surface area contributed by atoms with Gasteiger partial charge in [-0.05, 0) is 36.5 Å². The van der Waals surface area contributed by atoms with Crippen LogP contribution in [0, 0.1) is 5.92 Å². The molecule has 0 bridgehead atoms. The standard InChI is InChI=1S/C13H17F2NO2/c14-13(15)18-11-5-3-10(4-6-11)12(16)8-17-7-9-1-2-9/h3-6,9,12-13H,1-2,7-8,16H2. The smallest absolute Gasteiger partial charge is 0.387 e. The molecule has 0 amide bonds. The largest absolute Gasteiger partial charge is 0.435 e. The molecule has 18 heavy (non-hydrogen) atoms. The van der Waals surface area contributed by atoms with Gasteiger partial charge in [-0.15, -0.1) is 0 Å². The van der Waals surface area contributed by atoms with Crippen LogP contribution >= 0.6 is 0 Å². The van der Waals surface area contributed by atoms with E-state index in [4.69, 9.17) is 10.5 Å². The maximum atomic E-state index is 12.0. The van der Waals surface area contributed by atoms with Crippen molar-refractivity contribution < 1.29 is 18.3 Å². The lowest BCUT2D eigenvalue weighted by molar-refractivity contribution is -0.0498. The van der Waals surface area contributed by atoms with E-state index in [0.717, 1.165) is 12.2 Å². The van der Waals surface area contributed by atoms with Gasteiger partial charge in [0.1, 0.15) is 5.75 Å². The van der Waals surface area contributed by atoms with E-state index in [2.05, 4.69) is 4.74 Å². The van der Waals surface area contributed by atoms with Gasteiger partial charge in [-0.25, -0.2) is 0 Å². The van der Waals surface area contributed by atoms with Gasteiger partial charge in [0, 0.05) is 6.61 Å². The highest BCUT2D eigenvalue weighted by Crippen LogP contribution is 2.29. The molecule has 0 aliphatic heterocycles. The quantitative estimate of drug-likeness (QED) is 0.816. The van der Waals surface area contributed by atoms with E-state index < -0.39 is 6.61 Å². The van der Waals surface area contributed by atoms with Crippen LogP contribution in [0.2, 0.25) is 0 Å². The zero-order valence-electron chi connectivity index (χ0n) is 10.0. The molecule has 1 aliphatic rings. The first-order chi connectivity index (χ1) is 8.65. The van der Waals surface area contributed by atoms with Gasteiger partial charge >= 0.3 is 6.61 Å². The number of benzene rings is 1. The molecular formula is C13H17F2NO2. The minimum atomic E-state index is -2.80. The summed E-state index contributed by atoms with van der Waals surface area (Å²) in [5, 5.41) is 0. The number of alkyl halides is 2. The van der Waals surface area contributed by atoms with Crippen LogP contribution in [-0.2, 0) is 4.74 Å². The Morgan fingerprint density at radius 2 is 1.89 bits per heavy atom. The Bertz CT molecular complexity index is 366. The third-order valence-electron chi connectivity index (χ3n) is 2.88. The van der Waals surface area contributed by atoms with Gasteiger partial charge in [0.2, 0.25) is 0 Å². The molecule has 5 heteroatoms. The average molecular weight is 257 g/mol. The summed E-state index contributed by atoms with van der Waals surface area (Å²) in [5.74, 6) is 0.846. The van der Waals surface area contributed by atoms with Crippen LogP contribution in [0.3, 0.4) is 0 Å². The Hall–Kier alpha value is -1.20. The topological polar surface area (TPSA) is 44.5 Å². The minimum absolute atomic E-state index is 0.139. The molecule has 1 atom stereocenters. The van der Waals surface area contributed by atoms with Gasteiger partial charge in [0.05, 0.1) is 12.6 Å². The van der Waals surface area contributed by atoms with Crippen molar-refractivity contribution in [1.29, 1.82) is 0 Å². The molecule has 1 aromatic carbocycles. The number of hydrogen-bond donors (Lipinski definition) is 1. The van der Waals surface area contributed by atoms with E-state index in [1.165, 1.54) is 25.0 Å². The second kappa shape index (κ2) is 6.11. The predicted octanol–water partition coefficient (Wildman–Crippen LogP) is 2.71. The number of halogens is 2. The summed E-state index contributed by atoms with van der Waals surface area (Å²) in [6, 6.07) is 6.11. The summed E-state index contributed by atoms with van der Waals surface area (Å²) in [4.78, 5) is 0. The first-order valence-electron chi connectivity index (χ1n) is 6.03. The van der Waals surface area contributed by atoms with E-state index in [-0.39, 0.29) is 11.8 Å². The molecule has 0 aromatic heterocycles. The fourth-order valence-corrected chi connectivity index (χ4v) is 1.64. The SMILES string of the molecule is NC(COCC1CC1)c1ccc(OC(F)F)cc1. The number of ether oxygens (including phenoxy) is 2. The van der Waals surface area contributed by atoms with Crippen LogP contribution in [0.4, 0.5) is 8.78 Å². The number of hydrogen-bond acceptors (Lipinski definition) is 3. The normalized spacial score (nSPS) is 16.9. The summed E-state index contributed by atoms with van der Waals surface area (Å²) < 4.78 is 33.7. The third-order valence-corrected chi connectivity index (χ3v) is 2.88. The van der Waals surface area contributed by atoms with Gasteiger partial charge in [0.25, 0.3) is 0 Å². The monoisotopic (exact) mass is 257 g/mol. The Balaban J connectivity index is 1.79. The highest BCUT2D eigenvalue weighted by molar-refractivity contribution is 5.29. The van der Waals surface area contributed by atoms with Crippen molar-refractivity contribution in [3.8, 4) is 5.75 Å². The molecule has 1 unspecified atom stereocenters. The zero-order chi connectivity index (χ0) is 13.0. The molecule has 1 saturated carbocycles. The van der Waals surface area contributed by atoms with Crippen molar-refractivity contribution >= 4 is 0 Å². The Labute approximate surface area is 105 Å². The van der Waals surface area contributed by atoms with Gasteiger partial charge in [-0.1, -0.05) is 12.1 Å². The first kappa shape index (κ1) is 13.2. The Kier molecular flexibility index (Phi) is 4.49. The lowest BCUT2D eigenvalue weighted by Crippen LogP contribution is -2.17. The maximum Gasteiger partial charge on any atom is 0.387 e. The van der Waals surface area contributed by atoms with Gasteiger partial charge in [-0.3, -0.25) is 0 Å². The zero-order valence-corrected chi connectivity index (χ0v) is 10.0. The molecule has 100 valence electrons. The Morgan fingerprint density at radius 3 is 2.44 bits per heavy atom. The van der Waals surface area contributed by atoms with Crippen LogP contribution in [0.25, 0.3) is 0 Å². The van der Waals surface area contributed by atoms with Crippen LogP contribution in [-0.4, -0.2) is 19.8 Å². The minimum Gasteiger partial charge on any atom is -0.435 e. The van der Waals surface area contributed by atoms with E-state index in [1.807, 2.05) is 0 Å². The van der Waals surface area contributed by atoms with E-state index in [9.17, 15) is 8.78 Å². The van der Waals surface area contributed by atoms with Crippen LogP contribution in [0.15, 0.2) is 24.3 Å². The second-order valence-electron chi connectivity index (χ2n) is 4.53. The third kappa shape index (κ3) is 4.23. The van der Waals surface area contributed by atoms with Crippen molar-refractivity contribution in [3.05, 3.63) is 29.8 Å². The van der Waals surface area contributed by atoms with E-state index >= 15 is 0 Å². The van der Waals surface area contributed by atoms with Crippen molar-refractivity contribution in [3.63, 3.8) is 0 Å². The van der Waals surface area contributed by atoms with Crippen LogP contribution < -0.4 is 10.5 Å². The Morgan fingerprint density at radius 1 is 1.22 bits per heavy atom. The predicted molar refractivity (Wildman–Crippen MR) is 63.5 cm³/mol. The van der Waals surface area contributed by atoms with Gasteiger partial charge in [0.15, 0.2) is 0 Å². The molecule has 3 nitrogen and oxygen atoms in total. The van der Waals surface area contributed by atoms with Crippen molar-refractivity contribution in [2.75, 3.05) is 13.2 Å². The van der Waals surface area contributed by atoms with Crippen molar-refractivity contribution in [2.45, 2.75) is 25.5 Å². The second-order valence-corrected chi connectivity index (χ2v) is 4.53. The van der Waals surface area contributed by atoms with Gasteiger partial charge < -0.3 is 15.2 Å². The molecule has 1 aliphatic carbocycles. The van der Waals surface area contributed by atoms with E-state index in [0.29, 0.717) is 12.5 Å². The summed E-state index contributed by atoms with van der Waals surface area (Å²) in [5.41, 5.74) is 6.79. The lowest BCUT2D eigenvalue weighted by atomic mass is 10.1. The highest BCUT2D eigenvalue weighted by Gasteiger charge is 2.21. The summed E-state index contributed by atoms with van der Waals surface area (Å²) in [6.45, 7) is -1.59. The van der Waals surface area contributed by atoms with Crippen LogP contribution in [0.5, 0.6) is 5.75 Å². The molecular weight excluding hydrogens is 240 g/mol. The molecule has 0 saturated heterocycles. The van der Waals surface area contributed by atoms with Crippen molar-refractivity contribution in [1.82, 2.24) is 0 Å². The molecule has 2 N–H and O–H groups in total. The summed E-state index contributed by atoms with van der Waals surface area (Å²) in [7, 11) is 0. The molecule has 2 rings (SSSR count). The molecule has 0 radical (unpaired) electrons. The fraction of sp³-hybridized carbons (Fsp3) is 0.538. The fourth-order valence-electron chi connectivity index (χ4n) is 1.64. The maximum absolute atomic E-state index is 12.0. The lowest BCUT2D eigenvalue weighted by Gasteiger charge is -2.13. The van der Waals surface area contributed by atoms with Gasteiger partial charge in [-0.2, -0.15) is 8.78 Å². The summed E-state index contributed by atoms with van der Waals surface area (Å²) in [6.07, 6.45) is 2.49. The molecule has 0 spiro atoms. The number of rotatable bonds is 7. The van der Waals surface area contributed by atoms with E-state index in [1.54, 1.807) is 12.1 Å².